The normalized spacial score (nSPS) is 12.9. The van der Waals surface area contributed by atoms with Crippen molar-refractivity contribution < 1.29 is 31.4 Å². The predicted octanol–water partition coefficient (Wildman–Crippen LogP) is 3.43. The van der Waals surface area contributed by atoms with Gasteiger partial charge in [0.15, 0.2) is 0 Å². The first kappa shape index (κ1) is 11.7. The molecule has 0 fully saturated rings. The highest BCUT2D eigenvalue weighted by Crippen LogP contribution is 2.37. The van der Waals surface area contributed by atoms with E-state index in [9.17, 15) is 26.3 Å². The average Bonchev–Trinajstić information content (AvgIpc) is 1.99. The van der Waals surface area contributed by atoms with Gasteiger partial charge in [0, 0.05) is 0 Å². The van der Waals surface area contributed by atoms with Gasteiger partial charge in [0.25, 0.3) is 0 Å². The van der Waals surface area contributed by atoms with Crippen LogP contribution in [0.1, 0.15) is 11.1 Å². The van der Waals surface area contributed by atoms with E-state index in [-0.39, 0.29) is 18.2 Å². The third kappa shape index (κ3) is 2.77. The minimum absolute atomic E-state index is 0.0558. The molecule has 15 heavy (non-hydrogen) atoms. The summed E-state index contributed by atoms with van der Waals surface area (Å²) in [5.74, 6) is -1.07. The number of rotatable bonds is 0. The summed E-state index contributed by atoms with van der Waals surface area (Å²) < 4.78 is 72.3. The van der Waals surface area contributed by atoms with Crippen LogP contribution in [-0.2, 0) is 12.4 Å². The standard InChI is InChI=1S/C8H4F6O/c9-7(10,11)4-1-5(8(12,13)14)3-6(15)2-4/h1-3,15H. The Morgan fingerprint density at radius 3 is 1.33 bits per heavy atom. The molecule has 0 heterocycles. The molecule has 0 spiro atoms. The van der Waals surface area contributed by atoms with Gasteiger partial charge in [0.2, 0.25) is 0 Å². The van der Waals surface area contributed by atoms with Crippen molar-refractivity contribution >= 4 is 0 Å². The van der Waals surface area contributed by atoms with Crippen molar-refractivity contribution in [3.63, 3.8) is 0 Å². The van der Waals surface area contributed by atoms with Crippen molar-refractivity contribution in [1.29, 1.82) is 0 Å². The van der Waals surface area contributed by atoms with Crippen LogP contribution >= 0.6 is 0 Å². The molecule has 1 N–H and O–H groups in total. The molecule has 1 aromatic carbocycles. The van der Waals surface area contributed by atoms with Gasteiger partial charge in [-0.1, -0.05) is 0 Å². The Morgan fingerprint density at radius 2 is 1.07 bits per heavy atom. The van der Waals surface area contributed by atoms with E-state index in [1.165, 1.54) is 0 Å². The van der Waals surface area contributed by atoms with E-state index in [0.717, 1.165) is 0 Å². The molecular formula is C8H4F6O. The van der Waals surface area contributed by atoms with Crippen molar-refractivity contribution in [2.75, 3.05) is 0 Å². The van der Waals surface area contributed by atoms with Gasteiger partial charge >= 0.3 is 12.4 Å². The van der Waals surface area contributed by atoms with E-state index >= 15 is 0 Å². The van der Waals surface area contributed by atoms with Crippen LogP contribution in [0.3, 0.4) is 0 Å². The van der Waals surface area contributed by atoms with Gasteiger partial charge in [0.1, 0.15) is 5.75 Å². The summed E-state index contributed by atoms with van der Waals surface area (Å²) in [5, 5.41) is 8.72. The Hall–Kier alpha value is -1.40. The SMILES string of the molecule is Oc1cc(C(F)(F)F)cc(C(F)(F)F)c1. The summed E-state index contributed by atoms with van der Waals surface area (Å²) in [7, 11) is 0. The number of aromatic hydroxyl groups is 1. The summed E-state index contributed by atoms with van der Waals surface area (Å²) in [6.45, 7) is 0. The highest BCUT2D eigenvalue weighted by molar-refractivity contribution is 5.36. The Balaban J connectivity index is 3.30. The Labute approximate surface area is 79.9 Å². The maximum atomic E-state index is 12.1. The molecule has 0 saturated carbocycles. The van der Waals surface area contributed by atoms with E-state index in [0.29, 0.717) is 0 Å². The molecule has 1 aromatic rings. The van der Waals surface area contributed by atoms with Gasteiger partial charge in [-0.2, -0.15) is 26.3 Å². The fourth-order valence-corrected chi connectivity index (χ4v) is 0.939. The van der Waals surface area contributed by atoms with Crippen molar-refractivity contribution in [1.82, 2.24) is 0 Å². The van der Waals surface area contributed by atoms with Gasteiger partial charge in [-0.15, -0.1) is 0 Å². The van der Waals surface area contributed by atoms with Gasteiger partial charge < -0.3 is 5.11 Å². The van der Waals surface area contributed by atoms with Gasteiger partial charge in [-0.3, -0.25) is 0 Å². The molecule has 0 aromatic heterocycles. The summed E-state index contributed by atoms with van der Waals surface area (Å²) in [6, 6.07) is 0.407. The lowest BCUT2D eigenvalue weighted by Gasteiger charge is -2.11. The average molecular weight is 230 g/mol. The number of hydrogen-bond acceptors (Lipinski definition) is 1. The zero-order valence-electron chi connectivity index (χ0n) is 6.95. The monoisotopic (exact) mass is 230 g/mol. The third-order valence-corrected chi connectivity index (χ3v) is 1.57. The highest BCUT2D eigenvalue weighted by Gasteiger charge is 2.36. The molecule has 0 aliphatic heterocycles. The molecule has 84 valence electrons. The summed E-state index contributed by atoms with van der Waals surface area (Å²) >= 11 is 0. The number of benzene rings is 1. The Bertz CT molecular complexity index is 332. The maximum absolute atomic E-state index is 12.1. The summed E-state index contributed by atoms with van der Waals surface area (Å²) in [4.78, 5) is 0. The van der Waals surface area contributed by atoms with Crippen LogP contribution in [0.4, 0.5) is 26.3 Å². The van der Waals surface area contributed by atoms with Gasteiger partial charge in [-0.05, 0) is 18.2 Å². The highest BCUT2D eigenvalue weighted by atomic mass is 19.4. The molecule has 0 saturated heterocycles. The largest absolute Gasteiger partial charge is 0.508 e. The first-order valence-corrected chi connectivity index (χ1v) is 3.59. The zero-order chi connectivity index (χ0) is 11.9. The van der Waals surface area contributed by atoms with Crippen LogP contribution in [0, 0.1) is 0 Å². The second-order valence-electron chi connectivity index (χ2n) is 2.76. The van der Waals surface area contributed by atoms with Crippen LogP contribution in [0.2, 0.25) is 0 Å². The molecule has 0 aliphatic rings. The summed E-state index contributed by atoms with van der Waals surface area (Å²) in [5.41, 5.74) is -3.07. The molecule has 1 nitrogen and oxygen atoms in total. The summed E-state index contributed by atoms with van der Waals surface area (Å²) in [6.07, 6.45) is -9.84. The quantitative estimate of drug-likeness (QED) is 0.677. The minimum atomic E-state index is -4.92. The zero-order valence-corrected chi connectivity index (χ0v) is 6.95. The first-order valence-electron chi connectivity index (χ1n) is 3.59. The van der Waals surface area contributed by atoms with Crippen LogP contribution in [0.5, 0.6) is 5.75 Å². The van der Waals surface area contributed by atoms with Crippen molar-refractivity contribution in [3.05, 3.63) is 29.3 Å². The second-order valence-corrected chi connectivity index (χ2v) is 2.76. The van der Waals surface area contributed by atoms with E-state index < -0.39 is 29.2 Å². The second kappa shape index (κ2) is 3.32. The van der Waals surface area contributed by atoms with Gasteiger partial charge in [0.05, 0.1) is 11.1 Å². The Kier molecular flexibility index (Phi) is 2.58. The van der Waals surface area contributed by atoms with Crippen molar-refractivity contribution in [3.8, 4) is 5.75 Å². The van der Waals surface area contributed by atoms with E-state index in [1.54, 1.807) is 0 Å². The topological polar surface area (TPSA) is 20.2 Å². The van der Waals surface area contributed by atoms with E-state index in [2.05, 4.69) is 0 Å². The molecule has 0 amide bonds. The van der Waals surface area contributed by atoms with Crippen LogP contribution < -0.4 is 0 Å². The smallest absolute Gasteiger partial charge is 0.416 e. The number of alkyl halides is 6. The van der Waals surface area contributed by atoms with Gasteiger partial charge in [-0.25, -0.2) is 0 Å². The molecule has 0 bridgehead atoms. The van der Waals surface area contributed by atoms with Crippen molar-refractivity contribution in [2.45, 2.75) is 12.4 Å². The lowest BCUT2D eigenvalue weighted by Crippen LogP contribution is -2.10. The maximum Gasteiger partial charge on any atom is 0.416 e. The third-order valence-electron chi connectivity index (χ3n) is 1.57. The lowest BCUT2D eigenvalue weighted by molar-refractivity contribution is -0.143. The van der Waals surface area contributed by atoms with Crippen LogP contribution in [0.15, 0.2) is 18.2 Å². The molecule has 1 rings (SSSR count). The molecule has 0 atom stereocenters. The molecule has 0 unspecified atom stereocenters. The first-order chi connectivity index (χ1) is 6.60. The molecule has 0 radical (unpaired) electrons. The Morgan fingerprint density at radius 1 is 0.733 bits per heavy atom. The van der Waals surface area contributed by atoms with E-state index in [1.807, 2.05) is 0 Å². The molecule has 0 aliphatic carbocycles. The number of halogens is 6. The van der Waals surface area contributed by atoms with Crippen LogP contribution in [-0.4, -0.2) is 5.11 Å². The fraction of sp³-hybridized carbons (Fsp3) is 0.250. The molecule has 7 heteroatoms. The lowest BCUT2D eigenvalue weighted by atomic mass is 10.1. The fourth-order valence-electron chi connectivity index (χ4n) is 0.939. The predicted molar refractivity (Wildman–Crippen MR) is 38.1 cm³/mol. The number of hydrogen-bond donors (Lipinski definition) is 1. The number of phenolic OH excluding ortho intramolecular Hbond substituents is 1. The van der Waals surface area contributed by atoms with E-state index in [4.69, 9.17) is 5.11 Å². The minimum Gasteiger partial charge on any atom is -0.508 e. The number of phenols is 1. The van der Waals surface area contributed by atoms with Crippen molar-refractivity contribution in [2.24, 2.45) is 0 Å². The molecular weight excluding hydrogens is 226 g/mol. The van der Waals surface area contributed by atoms with Crippen LogP contribution in [0.25, 0.3) is 0 Å².